The number of ether oxygens (including phenoxy) is 1. The van der Waals surface area contributed by atoms with Crippen molar-refractivity contribution in [2.75, 3.05) is 13.7 Å². The van der Waals surface area contributed by atoms with E-state index in [-0.39, 0.29) is 6.03 Å². The van der Waals surface area contributed by atoms with Crippen molar-refractivity contribution in [3.05, 3.63) is 35.5 Å². The van der Waals surface area contributed by atoms with E-state index < -0.39 is 12.0 Å². The Morgan fingerprint density at radius 3 is 2.83 bits per heavy atom. The van der Waals surface area contributed by atoms with Crippen LogP contribution in [-0.4, -0.2) is 41.2 Å². The fourth-order valence-corrected chi connectivity index (χ4v) is 3.17. The van der Waals surface area contributed by atoms with Gasteiger partial charge < -0.3 is 19.5 Å². The molecule has 1 atom stereocenters. The van der Waals surface area contributed by atoms with Crippen molar-refractivity contribution in [1.29, 1.82) is 0 Å². The number of urea groups is 1. The number of aryl methyl sites for hydroxylation is 1. The fraction of sp³-hybridized carbons (Fsp3) is 0.412. The van der Waals surface area contributed by atoms with Crippen LogP contribution in [0.3, 0.4) is 0 Å². The van der Waals surface area contributed by atoms with Crippen LogP contribution < -0.4 is 5.32 Å². The lowest BCUT2D eigenvalue weighted by molar-refractivity contribution is -0.142. The zero-order chi connectivity index (χ0) is 16.6. The minimum Gasteiger partial charge on any atom is -0.467 e. The highest BCUT2D eigenvalue weighted by atomic mass is 16.5. The average molecular weight is 315 g/mol. The van der Waals surface area contributed by atoms with E-state index in [0.717, 1.165) is 12.0 Å². The van der Waals surface area contributed by atoms with Gasteiger partial charge in [0.05, 0.1) is 7.11 Å². The Balaban J connectivity index is 1.82. The van der Waals surface area contributed by atoms with E-state index in [2.05, 4.69) is 33.0 Å². The number of nitrogens with zero attached hydrogens (tertiary/aromatic N) is 2. The highest BCUT2D eigenvalue weighted by Gasteiger charge is 2.24. The van der Waals surface area contributed by atoms with Crippen LogP contribution in [-0.2, 0) is 29.5 Å². The van der Waals surface area contributed by atoms with Crippen molar-refractivity contribution in [2.24, 2.45) is 7.05 Å². The van der Waals surface area contributed by atoms with Gasteiger partial charge in [-0.05, 0) is 30.5 Å². The van der Waals surface area contributed by atoms with E-state index in [0.29, 0.717) is 13.1 Å². The molecule has 2 amide bonds. The third kappa shape index (κ3) is 2.76. The molecule has 0 radical (unpaired) electrons. The molecule has 122 valence electrons. The second kappa shape index (κ2) is 5.95. The summed E-state index contributed by atoms with van der Waals surface area (Å²) in [7, 11) is 3.36. The molecule has 1 aromatic heterocycles. The van der Waals surface area contributed by atoms with Crippen molar-refractivity contribution in [2.45, 2.75) is 25.9 Å². The Labute approximate surface area is 135 Å². The summed E-state index contributed by atoms with van der Waals surface area (Å²) >= 11 is 0. The Morgan fingerprint density at radius 1 is 1.30 bits per heavy atom. The SMILES string of the molecule is COC(=O)[C@@H](C)NC(=O)N1CCc2cn(C)c3cccc(c23)C1. The maximum Gasteiger partial charge on any atom is 0.328 e. The highest BCUT2D eigenvalue weighted by Crippen LogP contribution is 2.28. The second-order valence-electron chi connectivity index (χ2n) is 5.94. The second-order valence-corrected chi connectivity index (χ2v) is 5.94. The van der Waals surface area contributed by atoms with Gasteiger partial charge in [-0.2, -0.15) is 0 Å². The standard InChI is InChI=1S/C17H21N3O3/c1-11(16(21)23-3)18-17(22)20-8-7-13-9-19(2)14-6-4-5-12(10-20)15(13)14/h4-6,9,11H,7-8,10H2,1-3H3,(H,18,22)/t11-/m1/s1. The number of methoxy groups -OCH3 is 1. The quantitative estimate of drug-likeness (QED) is 0.860. The molecule has 2 heterocycles. The number of amides is 2. The maximum atomic E-state index is 12.4. The van der Waals surface area contributed by atoms with Gasteiger partial charge in [-0.1, -0.05) is 12.1 Å². The molecule has 0 fully saturated rings. The molecule has 2 aromatic rings. The Kier molecular flexibility index (Phi) is 3.98. The molecular formula is C17H21N3O3. The van der Waals surface area contributed by atoms with Crippen LogP contribution in [0, 0.1) is 0 Å². The maximum absolute atomic E-state index is 12.4. The first kappa shape index (κ1) is 15.4. The summed E-state index contributed by atoms with van der Waals surface area (Å²) in [5, 5.41) is 3.94. The number of carbonyl (C=O) groups is 2. The lowest BCUT2D eigenvalue weighted by Gasteiger charge is -2.23. The Hall–Kier alpha value is -2.50. The normalized spacial score (nSPS) is 15.2. The van der Waals surface area contributed by atoms with E-state index >= 15 is 0 Å². The Morgan fingerprint density at radius 2 is 2.09 bits per heavy atom. The molecule has 1 aliphatic heterocycles. The topological polar surface area (TPSA) is 63.6 Å². The van der Waals surface area contributed by atoms with Gasteiger partial charge in [0.15, 0.2) is 0 Å². The average Bonchev–Trinajstić information content (AvgIpc) is 2.75. The van der Waals surface area contributed by atoms with Crippen LogP contribution in [0.4, 0.5) is 4.79 Å². The van der Waals surface area contributed by atoms with Gasteiger partial charge in [0, 0.05) is 37.2 Å². The van der Waals surface area contributed by atoms with E-state index in [1.54, 1.807) is 11.8 Å². The summed E-state index contributed by atoms with van der Waals surface area (Å²) in [5.74, 6) is -0.445. The van der Waals surface area contributed by atoms with Crippen molar-refractivity contribution in [3.8, 4) is 0 Å². The predicted molar refractivity (Wildman–Crippen MR) is 87.0 cm³/mol. The van der Waals surface area contributed by atoms with E-state index in [1.807, 2.05) is 13.1 Å². The van der Waals surface area contributed by atoms with Gasteiger partial charge in [0.2, 0.25) is 0 Å². The molecule has 0 unspecified atom stereocenters. The number of carbonyl (C=O) groups excluding carboxylic acids is 2. The first-order chi connectivity index (χ1) is 11.0. The third-order valence-corrected chi connectivity index (χ3v) is 4.37. The molecule has 23 heavy (non-hydrogen) atoms. The number of benzene rings is 1. The summed E-state index contributed by atoms with van der Waals surface area (Å²) < 4.78 is 6.78. The molecule has 1 N–H and O–H groups in total. The largest absolute Gasteiger partial charge is 0.467 e. The molecular weight excluding hydrogens is 294 g/mol. The van der Waals surface area contributed by atoms with Crippen LogP contribution in [0.2, 0.25) is 0 Å². The molecule has 0 bridgehead atoms. The van der Waals surface area contributed by atoms with E-state index in [9.17, 15) is 9.59 Å². The Bertz CT molecular complexity index is 766. The molecule has 6 nitrogen and oxygen atoms in total. The van der Waals surface area contributed by atoms with Crippen LogP contribution in [0.15, 0.2) is 24.4 Å². The van der Waals surface area contributed by atoms with Gasteiger partial charge in [0.1, 0.15) is 6.04 Å². The third-order valence-electron chi connectivity index (χ3n) is 4.37. The first-order valence-corrected chi connectivity index (χ1v) is 7.70. The molecule has 0 saturated heterocycles. The van der Waals surface area contributed by atoms with Crippen LogP contribution in [0.1, 0.15) is 18.1 Å². The van der Waals surface area contributed by atoms with E-state index in [1.165, 1.54) is 23.6 Å². The van der Waals surface area contributed by atoms with Crippen LogP contribution in [0.25, 0.3) is 10.9 Å². The van der Waals surface area contributed by atoms with Gasteiger partial charge in [0.25, 0.3) is 0 Å². The van der Waals surface area contributed by atoms with Crippen molar-refractivity contribution >= 4 is 22.9 Å². The van der Waals surface area contributed by atoms with Crippen molar-refractivity contribution in [1.82, 2.24) is 14.8 Å². The monoisotopic (exact) mass is 315 g/mol. The number of hydrogen-bond acceptors (Lipinski definition) is 3. The molecule has 0 saturated carbocycles. The first-order valence-electron chi connectivity index (χ1n) is 7.70. The zero-order valence-electron chi connectivity index (χ0n) is 13.6. The molecule has 0 aliphatic carbocycles. The number of rotatable bonds is 2. The summed E-state index contributed by atoms with van der Waals surface area (Å²) in [4.78, 5) is 25.7. The van der Waals surface area contributed by atoms with Gasteiger partial charge in [-0.15, -0.1) is 0 Å². The number of hydrogen-bond donors (Lipinski definition) is 1. The van der Waals surface area contributed by atoms with Gasteiger partial charge in [-0.3, -0.25) is 0 Å². The van der Waals surface area contributed by atoms with Crippen LogP contribution >= 0.6 is 0 Å². The molecule has 3 rings (SSSR count). The smallest absolute Gasteiger partial charge is 0.328 e. The molecule has 6 heteroatoms. The summed E-state index contributed by atoms with van der Waals surface area (Å²) in [6.07, 6.45) is 2.93. The minimum atomic E-state index is -0.657. The lowest BCUT2D eigenvalue weighted by atomic mass is 10.1. The summed E-state index contributed by atoms with van der Waals surface area (Å²) in [5.41, 5.74) is 3.58. The number of esters is 1. The van der Waals surface area contributed by atoms with Gasteiger partial charge >= 0.3 is 12.0 Å². The zero-order valence-corrected chi connectivity index (χ0v) is 13.6. The predicted octanol–water partition coefficient (Wildman–Crippen LogP) is 1.81. The minimum absolute atomic E-state index is 0.241. The molecule has 0 spiro atoms. The molecule has 1 aliphatic rings. The van der Waals surface area contributed by atoms with Crippen molar-refractivity contribution in [3.63, 3.8) is 0 Å². The summed E-state index contributed by atoms with van der Waals surface area (Å²) in [6.45, 7) is 2.78. The van der Waals surface area contributed by atoms with Crippen LogP contribution in [0.5, 0.6) is 0 Å². The van der Waals surface area contributed by atoms with Crippen molar-refractivity contribution < 1.29 is 14.3 Å². The highest BCUT2D eigenvalue weighted by molar-refractivity contribution is 5.89. The molecule has 1 aromatic carbocycles. The van der Waals surface area contributed by atoms with Gasteiger partial charge in [-0.25, -0.2) is 9.59 Å². The van der Waals surface area contributed by atoms with E-state index in [4.69, 9.17) is 0 Å². The lowest BCUT2D eigenvalue weighted by Crippen LogP contribution is -2.47. The fourth-order valence-electron chi connectivity index (χ4n) is 3.17. The number of aromatic nitrogens is 1. The number of nitrogens with one attached hydrogen (secondary N) is 1. The summed E-state index contributed by atoms with van der Waals surface area (Å²) in [6, 6.07) is 5.27.